The van der Waals surface area contributed by atoms with E-state index in [0.717, 1.165) is 0 Å². The molecular weight excluding hydrogens is 388 g/mol. The summed E-state index contributed by atoms with van der Waals surface area (Å²) in [5, 5.41) is 9.36. The molecular formula is C22H30N2O6. The van der Waals surface area contributed by atoms with Gasteiger partial charge in [0.05, 0.1) is 11.5 Å². The predicted molar refractivity (Wildman–Crippen MR) is 107 cm³/mol. The number of rotatable bonds is 3. The summed E-state index contributed by atoms with van der Waals surface area (Å²) < 4.78 is 11.9. The van der Waals surface area contributed by atoms with Gasteiger partial charge in [0.25, 0.3) is 0 Å². The molecule has 0 saturated carbocycles. The van der Waals surface area contributed by atoms with Crippen molar-refractivity contribution in [2.45, 2.75) is 56.9 Å². The highest BCUT2D eigenvalue weighted by Gasteiger charge is 2.74. The van der Waals surface area contributed by atoms with Crippen LogP contribution in [0.5, 0.6) is 0 Å². The van der Waals surface area contributed by atoms with Crippen LogP contribution < -0.4 is 0 Å². The highest BCUT2D eigenvalue weighted by Crippen LogP contribution is 2.57. The van der Waals surface area contributed by atoms with E-state index >= 15 is 0 Å². The molecule has 0 aromatic rings. The van der Waals surface area contributed by atoms with E-state index in [1.807, 2.05) is 32.9 Å². The van der Waals surface area contributed by atoms with Crippen LogP contribution in [0.4, 0.5) is 0 Å². The lowest BCUT2D eigenvalue weighted by atomic mass is 9.74. The Kier molecular flexibility index (Phi) is 4.86. The maximum absolute atomic E-state index is 13.8. The molecule has 30 heavy (non-hydrogen) atoms. The minimum atomic E-state index is -1.26. The van der Waals surface area contributed by atoms with Gasteiger partial charge in [-0.2, -0.15) is 0 Å². The Hall–Kier alpha value is -2.19. The van der Waals surface area contributed by atoms with Crippen molar-refractivity contribution in [2.24, 2.45) is 11.8 Å². The molecule has 164 valence electrons. The standard InChI is InChI=1S/C22H30N2O6/c1-20(2,3)24-11-5-9-22-14(15-19(28)29-13-6-8-21(15,4)30-22)17(26)23(10-7-12-25)16(22)18(24)27/h5-6,8-9,14-16,25H,7,10-13H2,1-4H3/t14-,15-,16?,21+,22-/m0/s1. The number of esters is 1. The average Bonchev–Trinajstić information content (AvgIpc) is 2.90. The largest absolute Gasteiger partial charge is 0.461 e. The number of hydrogen-bond acceptors (Lipinski definition) is 6. The second kappa shape index (κ2) is 6.92. The molecule has 4 aliphatic heterocycles. The van der Waals surface area contributed by atoms with Gasteiger partial charge in [-0.1, -0.05) is 18.2 Å². The van der Waals surface area contributed by atoms with Crippen LogP contribution in [0.1, 0.15) is 34.1 Å². The van der Waals surface area contributed by atoms with Gasteiger partial charge in [0.15, 0.2) is 0 Å². The van der Waals surface area contributed by atoms with Crippen LogP contribution in [0.15, 0.2) is 24.3 Å². The monoisotopic (exact) mass is 418 g/mol. The molecule has 0 aliphatic carbocycles. The van der Waals surface area contributed by atoms with E-state index < -0.39 is 40.6 Å². The molecule has 1 unspecified atom stereocenters. The smallest absolute Gasteiger partial charge is 0.313 e. The minimum Gasteiger partial charge on any atom is -0.461 e. The van der Waals surface area contributed by atoms with E-state index in [2.05, 4.69) is 0 Å². The lowest BCUT2D eigenvalue weighted by Gasteiger charge is -2.41. The van der Waals surface area contributed by atoms with Gasteiger partial charge >= 0.3 is 5.97 Å². The number of fused-ring (bicyclic) bond motifs is 2. The van der Waals surface area contributed by atoms with Gasteiger partial charge < -0.3 is 24.4 Å². The number of nitrogens with zero attached hydrogens (tertiary/aromatic N) is 2. The van der Waals surface area contributed by atoms with Crippen LogP contribution in [-0.2, 0) is 23.9 Å². The van der Waals surface area contributed by atoms with E-state index in [1.165, 1.54) is 4.90 Å². The third kappa shape index (κ3) is 2.84. The predicted octanol–water partition coefficient (Wildman–Crippen LogP) is 0.650. The normalized spacial score (nSPS) is 38.2. The molecule has 4 rings (SSSR count). The highest BCUT2D eigenvalue weighted by atomic mass is 16.6. The summed E-state index contributed by atoms with van der Waals surface area (Å²) in [4.78, 5) is 43.6. The first-order valence-electron chi connectivity index (χ1n) is 10.5. The zero-order chi connectivity index (χ0) is 21.9. The maximum Gasteiger partial charge on any atom is 0.313 e. The molecule has 2 amide bonds. The van der Waals surface area contributed by atoms with Gasteiger partial charge in [0.1, 0.15) is 24.2 Å². The lowest BCUT2D eigenvalue weighted by Crippen LogP contribution is -2.59. The molecule has 0 aromatic heterocycles. The average molecular weight is 418 g/mol. The Balaban J connectivity index is 1.87. The molecule has 4 heterocycles. The van der Waals surface area contributed by atoms with Crippen molar-refractivity contribution in [2.75, 3.05) is 26.3 Å². The summed E-state index contributed by atoms with van der Waals surface area (Å²) in [7, 11) is 0. The van der Waals surface area contributed by atoms with E-state index in [-0.39, 0.29) is 31.6 Å². The number of carbonyl (C=O) groups is 3. The van der Waals surface area contributed by atoms with Crippen LogP contribution in [0.3, 0.4) is 0 Å². The fourth-order valence-electron chi connectivity index (χ4n) is 5.44. The first kappa shape index (κ1) is 21.1. The molecule has 8 nitrogen and oxygen atoms in total. The second-order valence-corrected chi connectivity index (χ2v) is 9.66. The van der Waals surface area contributed by atoms with Gasteiger partial charge in [-0.3, -0.25) is 14.4 Å². The Bertz CT molecular complexity index is 830. The van der Waals surface area contributed by atoms with Crippen molar-refractivity contribution in [3.05, 3.63) is 24.3 Å². The Labute approximate surface area is 176 Å². The third-order valence-electron chi connectivity index (χ3n) is 6.68. The van der Waals surface area contributed by atoms with Crippen LogP contribution in [0, 0.1) is 11.8 Å². The second-order valence-electron chi connectivity index (χ2n) is 9.66. The van der Waals surface area contributed by atoms with Gasteiger partial charge in [-0.15, -0.1) is 0 Å². The maximum atomic E-state index is 13.8. The Morgan fingerprint density at radius 1 is 1.13 bits per heavy atom. The molecule has 1 N–H and O–H groups in total. The molecule has 8 heteroatoms. The number of cyclic esters (lactones) is 1. The zero-order valence-corrected chi connectivity index (χ0v) is 18.0. The summed E-state index contributed by atoms with van der Waals surface area (Å²) in [5.41, 5.74) is -2.76. The third-order valence-corrected chi connectivity index (χ3v) is 6.68. The van der Waals surface area contributed by atoms with Crippen LogP contribution >= 0.6 is 0 Å². The van der Waals surface area contributed by atoms with Gasteiger partial charge in [-0.05, 0) is 40.2 Å². The molecule has 0 aromatic carbocycles. The first-order chi connectivity index (χ1) is 14.1. The van der Waals surface area contributed by atoms with Crippen molar-refractivity contribution in [3.8, 4) is 0 Å². The van der Waals surface area contributed by atoms with E-state index in [9.17, 15) is 19.5 Å². The molecule has 4 aliphatic rings. The number of amides is 2. The Morgan fingerprint density at radius 2 is 1.87 bits per heavy atom. The van der Waals surface area contributed by atoms with Crippen molar-refractivity contribution in [3.63, 3.8) is 0 Å². The number of ether oxygens (including phenoxy) is 2. The summed E-state index contributed by atoms with van der Waals surface area (Å²) in [6.45, 7) is 8.26. The summed E-state index contributed by atoms with van der Waals surface area (Å²) in [6.07, 6.45) is 7.52. The van der Waals surface area contributed by atoms with E-state index in [4.69, 9.17) is 9.47 Å². The molecule has 1 spiro atoms. The number of carbonyl (C=O) groups excluding carboxylic acids is 3. The Morgan fingerprint density at radius 3 is 2.53 bits per heavy atom. The fourth-order valence-corrected chi connectivity index (χ4v) is 5.44. The molecule has 2 fully saturated rings. The number of aliphatic hydroxyl groups excluding tert-OH is 1. The summed E-state index contributed by atoms with van der Waals surface area (Å²) in [5.74, 6) is -2.70. The SMILES string of the molecule is CC(C)(C)N1CC=C[C@]23O[C@]4(C)C=CCOC(=O)[C@@H]4[C@H]2C(=O)N(CCCO)C3C1=O. The van der Waals surface area contributed by atoms with Crippen LogP contribution in [0.2, 0.25) is 0 Å². The summed E-state index contributed by atoms with van der Waals surface area (Å²) in [6, 6.07) is -0.899. The lowest BCUT2D eigenvalue weighted by molar-refractivity contribution is -0.159. The first-order valence-corrected chi connectivity index (χ1v) is 10.5. The molecule has 0 radical (unpaired) electrons. The van der Waals surface area contributed by atoms with Crippen LogP contribution in [-0.4, -0.2) is 81.8 Å². The van der Waals surface area contributed by atoms with Crippen LogP contribution in [0.25, 0.3) is 0 Å². The molecule has 5 atom stereocenters. The number of aliphatic hydroxyl groups is 1. The number of hydrogen-bond donors (Lipinski definition) is 1. The molecule has 0 bridgehead atoms. The van der Waals surface area contributed by atoms with Crippen molar-refractivity contribution >= 4 is 17.8 Å². The fraction of sp³-hybridized carbons (Fsp3) is 0.682. The summed E-state index contributed by atoms with van der Waals surface area (Å²) >= 11 is 0. The topological polar surface area (TPSA) is 96.4 Å². The number of likely N-dealkylation sites (tertiary alicyclic amines) is 1. The van der Waals surface area contributed by atoms with Gasteiger partial charge in [0, 0.05) is 25.2 Å². The highest BCUT2D eigenvalue weighted by molar-refractivity contribution is 5.99. The molecule has 2 saturated heterocycles. The van der Waals surface area contributed by atoms with E-state index in [1.54, 1.807) is 24.0 Å². The minimum absolute atomic E-state index is 0.103. The van der Waals surface area contributed by atoms with Crippen molar-refractivity contribution in [1.29, 1.82) is 0 Å². The van der Waals surface area contributed by atoms with Gasteiger partial charge in [0.2, 0.25) is 11.8 Å². The quantitative estimate of drug-likeness (QED) is 0.534. The van der Waals surface area contributed by atoms with Crippen molar-refractivity contribution < 1.29 is 29.0 Å². The van der Waals surface area contributed by atoms with Crippen molar-refractivity contribution in [1.82, 2.24) is 9.80 Å². The van der Waals surface area contributed by atoms with E-state index in [0.29, 0.717) is 13.0 Å². The van der Waals surface area contributed by atoms with Gasteiger partial charge in [-0.25, -0.2) is 0 Å². The zero-order valence-electron chi connectivity index (χ0n) is 18.0.